The van der Waals surface area contributed by atoms with E-state index in [0.29, 0.717) is 0 Å². The van der Waals surface area contributed by atoms with E-state index in [1.54, 1.807) is 0 Å². The predicted molar refractivity (Wildman–Crippen MR) is 169 cm³/mol. The fraction of sp³-hybridized carbons (Fsp3) is 0.576. The van der Waals surface area contributed by atoms with Gasteiger partial charge in [-0.15, -0.1) is 12.4 Å². The Bertz CT molecular complexity index is 1040. The number of aliphatic hydroxyl groups is 1. The second kappa shape index (κ2) is 17.5. The SMILES string of the molecule is CCCCCCCCN(CCCCCCCC)C(C)C(O)c1ccc2cc(Br)c3ccccc3c2c1.Cl. The van der Waals surface area contributed by atoms with E-state index < -0.39 is 6.10 Å². The van der Waals surface area contributed by atoms with Crippen LogP contribution in [0.5, 0.6) is 0 Å². The zero-order valence-electron chi connectivity index (χ0n) is 23.4. The lowest BCUT2D eigenvalue weighted by molar-refractivity contribution is 0.0555. The molecule has 0 fully saturated rings. The summed E-state index contributed by atoms with van der Waals surface area (Å²) in [5, 5.41) is 16.4. The number of hydrogen-bond donors (Lipinski definition) is 1. The minimum atomic E-state index is -0.489. The topological polar surface area (TPSA) is 23.5 Å². The predicted octanol–water partition coefficient (Wildman–Crippen LogP) is 10.6. The minimum Gasteiger partial charge on any atom is -0.387 e. The average molecular weight is 591 g/mol. The summed E-state index contributed by atoms with van der Waals surface area (Å²) in [6.07, 6.45) is 15.2. The van der Waals surface area contributed by atoms with Crippen molar-refractivity contribution < 1.29 is 5.11 Å². The Morgan fingerprint density at radius 3 is 1.84 bits per heavy atom. The van der Waals surface area contributed by atoms with E-state index in [4.69, 9.17) is 0 Å². The molecule has 0 heterocycles. The number of rotatable bonds is 17. The van der Waals surface area contributed by atoms with Crippen LogP contribution < -0.4 is 0 Å². The van der Waals surface area contributed by atoms with Crippen molar-refractivity contribution in [3.05, 3.63) is 58.6 Å². The molecule has 0 amide bonds. The molecule has 0 aliphatic carbocycles. The van der Waals surface area contributed by atoms with E-state index >= 15 is 0 Å². The van der Waals surface area contributed by atoms with Crippen LogP contribution in [0.2, 0.25) is 0 Å². The van der Waals surface area contributed by atoms with Gasteiger partial charge in [0.1, 0.15) is 0 Å². The van der Waals surface area contributed by atoms with Crippen LogP contribution >= 0.6 is 28.3 Å². The van der Waals surface area contributed by atoms with Gasteiger partial charge in [-0.3, -0.25) is 4.90 Å². The Kier molecular flexibility index (Phi) is 15.1. The van der Waals surface area contributed by atoms with Crippen molar-refractivity contribution in [2.45, 2.75) is 110 Å². The van der Waals surface area contributed by atoms with E-state index in [0.717, 1.165) is 23.1 Å². The molecule has 206 valence electrons. The molecular weight excluding hydrogens is 542 g/mol. The first kappa shape index (κ1) is 32.1. The summed E-state index contributed by atoms with van der Waals surface area (Å²) < 4.78 is 1.12. The highest BCUT2D eigenvalue weighted by Gasteiger charge is 2.23. The van der Waals surface area contributed by atoms with Gasteiger partial charge in [-0.05, 0) is 72.1 Å². The summed E-state index contributed by atoms with van der Waals surface area (Å²) in [6, 6.07) is 17.3. The smallest absolute Gasteiger partial charge is 0.0942 e. The van der Waals surface area contributed by atoms with Crippen LogP contribution in [0, 0.1) is 0 Å². The van der Waals surface area contributed by atoms with Gasteiger partial charge in [0, 0.05) is 10.5 Å². The second-order valence-electron chi connectivity index (χ2n) is 10.6. The molecule has 0 spiro atoms. The molecule has 2 nitrogen and oxygen atoms in total. The molecule has 3 aromatic carbocycles. The Labute approximate surface area is 240 Å². The summed E-state index contributed by atoms with van der Waals surface area (Å²) in [5.74, 6) is 0. The zero-order chi connectivity index (χ0) is 25.8. The number of unbranched alkanes of at least 4 members (excludes halogenated alkanes) is 10. The van der Waals surface area contributed by atoms with Gasteiger partial charge in [-0.25, -0.2) is 0 Å². The van der Waals surface area contributed by atoms with Gasteiger partial charge in [-0.2, -0.15) is 0 Å². The summed E-state index contributed by atoms with van der Waals surface area (Å²) >= 11 is 3.74. The van der Waals surface area contributed by atoms with Crippen LogP contribution in [-0.4, -0.2) is 29.1 Å². The molecule has 37 heavy (non-hydrogen) atoms. The molecule has 0 radical (unpaired) electrons. The lowest BCUT2D eigenvalue weighted by Crippen LogP contribution is -2.39. The normalized spacial score (nSPS) is 13.2. The molecule has 2 unspecified atom stereocenters. The molecular formula is C33H49BrClNO. The van der Waals surface area contributed by atoms with Crippen LogP contribution in [0.3, 0.4) is 0 Å². The molecule has 1 N–H and O–H groups in total. The van der Waals surface area contributed by atoms with Gasteiger partial charge < -0.3 is 5.11 Å². The summed E-state index contributed by atoms with van der Waals surface area (Å²) in [6.45, 7) is 8.95. The number of hydrogen-bond acceptors (Lipinski definition) is 2. The van der Waals surface area contributed by atoms with Crippen molar-refractivity contribution in [1.29, 1.82) is 0 Å². The zero-order valence-corrected chi connectivity index (χ0v) is 25.8. The monoisotopic (exact) mass is 589 g/mol. The third kappa shape index (κ3) is 9.53. The second-order valence-corrected chi connectivity index (χ2v) is 11.5. The molecule has 2 atom stereocenters. The third-order valence-electron chi connectivity index (χ3n) is 7.81. The highest BCUT2D eigenvalue weighted by molar-refractivity contribution is 9.10. The molecule has 0 saturated heterocycles. The summed E-state index contributed by atoms with van der Waals surface area (Å²) in [7, 11) is 0. The molecule has 0 saturated carbocycles. The van der Waals surface area contributed by atoms with Crippen LogP contribution in [-0.2, 0) is 0 Å². The fourth-order valence-electron chi connectivity index (χ4n) is 5.45. The number of benzene rings is 3. The maximum Gasteiger partial charge on any atom is 0.0942 e. The first-order chi connectivity index (χ1) is 17.6. The van der Waals surface area contributed by atoms with E-state index in [1.165, 1.54) is 98.6 Å². The molecule has 3 aromatic rings. The molecule has 4 heteroatoms. The summed E-state index contributed by atoms with van der Waals surface area (Å²) in [4.78, 5) is 2.56. The Balaban J connectivity index is 0.00000481. The van der Waals surface area contributed by atoms with Gasteiger partial charge in [0.05, 0.1) is 6.10 Å². The highest BCUT2D eigenvalue weighted by atomic mass is 79.9. The molecule has 0 aromatic heterocycles. The quantitative estimate of drug-likeness (QED) is 0.125. The van der Waals surface area contributed by atoms with Crippen LogP contribution in [0.4, 0.5) is 0 Å². The van der Waals surface area contributed by atoms with Crippen LogP contribution in [0.15, 0.2) is 53.0 Å². The van der Waals surface area contributed by atoms with Gasteiger partial charge in [-0.1, -0.05) is 130 Å². The lowest BCUT2D eigenvalue weighted by Gasteiger charge is -2.33. The van der Waals surface area contributed by atoms with E-state index in [1.807, 2.05) is 0 Å². The van der Waals surface area contributed by atoms with E-state index in [-0.39, 0.29) is 18.4 Å². The minimum absolute atomic E-state index is 0. The highest BCUT2D eigenvalue weighted by Crippen LogP contribution is 2.34. The molecule has 3 rings (SSSR count). The maximum absolute atomic E-state index is 11.5. The fourth-order valence-corrected chi connectivity index (χ4v) is 6.04. The number of aliphatic hydroxyl groups excluding tert-OH is 1. The van der Waals surface area contributed by atoms with Crippen molar-refractivity contribution in [2.75, 3.05) is 13.1 Å². The number of fused-ring (bicyclic) bond motifs is 3. The molecule has 0 aliphatic heterocycles. The molecule has 0 bridgehead atoms. The first-order valence-corrected chi connectivity index (χ1v) is 15.4. The largest absolute Gasteiger partial charge is 0.387 e. The van der Waals surface area contributed by atoms with Crippen molar-refractivity contribution in [3.63, 3.8) is 0 Å². The summed E-state index contributed by atoms with van der Waals surface area (Å²) in [5.41, 5.74) is 1.03. The van der Waals surface area contributed by atoms with Gasteiger partial charge in [0.15, 0.2) is 0 Å². The van der Waals surface area contributed by atoms with Gasteiger partial charge >= 0.3 is 0 Å². The van der Waals surface area contributed by atoms with Crippen LogP contribution in [0.1, 0.15) is 109 Å². The van der Waals surface area contributed by atoms with E-state index in [9.17, 15) is 5.11 Å². The maximum atomic E-state index is 11.5. The standard InChI is InChI=1S/C33H48BrNO.ClH/c1-4-6-8-10-12-16-22-35(23-17-13-11-9-7-5-2)26(3)33(36)28-21-20-27-25-32(34)30-19-15-14-18-29(30)31(27)24-28;/h14-15,18-21,24-26,33,36H,4-13,16-17,22-23H2,1-3H3;1H. The lowest BCUT2D eigenvalue weighted by atomic mass is 9.95. The van der Waals surface area contributed by atoms with Crippen molar-refractivity contribution in [1.82, 2.24) is 4.90 Å². The Morgan fingerprint density at radius 2 is 1.24 bits per heavy atom. The van der Waals surface area contributed by atoms with Crippen molar-refractivity contribution in [2.24, 2.45) is 0 Å². The van der Waals surface area contributed by atoms with Crippen molar-refractivity contribution >= 4 is 49.9 Å². The number of halogens is 2. The Morgan fingerprint density at radius 1 is 0.703 bits per heavy atom. The molecule has 0 aliphatic rings. The Hall–Kier alpha value is -1.13. The number of nitrogens with zero attached hydrogens (tertiary/aromatic N) is 1. The van der Waals surface area contributed by atoms with E-state index in [2.05, 4.69) is 90.1 Å². The average Bonchev–Trinajstić information content (AvgIpc) is 2.90. The van der Waals surface area contributed by atoms with Gasteiger partial charge in [0.2, 0.25) is 0 Å². The van der Waals surface area contributed by atoms with Gasteiger partial charge in [0.25, 0.3) is 0 Å². The third-order valence-corrected chi connectivity index (χ3v) is 8.46. The van der Waals surface area contributed by atoms with Crippen molar-refractivity contribution in [3.8, 4) is 0 Å². The first-order valence-electron chi connectivity index (χ1n) is 14.6. The van der Waals surface area contributed by atoms with Crippen LogP contribution in [0.25, 0.3) is 21.5 Å².